The predicted octanol–water partition coefficient (Wildman–Crippen LogP) is 5.61. The molecule has 2 aliphatic heterocycles. The van der Waals surface area contributed by atoms with Crippen LogP contribution in [0.2, 0.25) is 0 Å². The molecule has 1 aromatic rings. The largest absolute Gasteiger partial charge is 0.342 e. The van der Waals surface area contributed by atoms with Crippen LogP contribution in [-0.2, 0) is 11.3 Å². The van der Waals surface area contributed by atoms with E-state index >= 15 is 0 Å². The first-order valence-electron chi connectivity index (χ1n) is 14.4. The second-order valence-electron chi connectivity index (χ2n) is 11.9. The Hall–Kier alpha value is -1.39. The molecule has 4 heteroatoms. The maximum absolute atomic E-state index is 14.0. The molecule has 2 aliphatic carbocycles. The molecule has 1 aromatic carbocycles. The van der Waals surface area contributed by atoms with E-state index in [2.05, 4.69) is 41.4 Å². The summed E-state index contributed by atoms with van der Waals surface area (Å²) in [4.78, 5) is 16.3. The van der Waals surface area contributed by atoms with Gasteiger partial charge >= 0.3 is 0 Å². The quantitative estimate of drug-likeness (QED) is 0.569. The van der Waals surface area contributed by atoms with E-state index in [1.807, 2.05) is 0 Å². The maximum Gasteiger partial charge on any atom is 0.225 e. The number of hydrogen-bond donors (Lipinski definition) is 2. The minimum atomic E-state index is 0.249. The second-order valence-corrected chi connectivity index (χ2v) is 11.9. The van der Waals surface area contributed by atoms with Crippen molar-refractivity contribution >= 4 is 5.91 Å². The molecule has 0 radical (unpaired) electrons. The van der Waals surface area contributed by atoms with Gasteiger partial charge in [-0.1, -0.05) is 56.4 Å². The fourth-order valence-corrected chi connectivity index (χ4v) is 8.66. The van der Waals surface area contributed by atoms with Crippen LogP contribution in [0.3, 0.4) is 0 Å². The fourth-order valence-electron chi connectivity index (χ4n) is 8.66. The van der Waals surface area contributed by atoms with Crippen LogP contribution in [-0.4, -0.2) is 36.5 Å². The van der Waals surface area contributed by atoms with Gasteiger partial charge in [-0.2, -0.15) is 0 Å². The van der Waals surface area contributed by atoms with Crippen molar-refractivity contribution < 1.29 is 4.79 Å². The third-order valence-electron chi connectivity index (χ3n) is 10.4. The van der Waals surface area contributed by atoms with Crippen molar-refractivity contribution in [2.75, 3.05) is 19.6 Å². The zero-order valence-corrected chi connectivity index (χ0v) is 21.4. The lowest BCUT2D eigenvalue weighted by Crippen LogP contribution is -2.62. The van der Waals surface area contributed by atoms with Gasteiger partial charge in [0.15, 0.2) is 0 Å². The summed E-state index contributed by atoms with van der Waals surface area (Å²) in [5.74, 6) is 2.68. The average molecular weight is 466 g/mol. The number of benzene rings is 1. The normalized spacial score (nSPS) is 33.8. The van der Waals surface area contributed by atoms with E-state index in [-0.39, 0.29) is 5.92 Å². The van der Waals surface area contributed by atoms with Gasteiger partial charge in [0.1, 0.15) is 0 Å². The number of nitrogens with one attached hydrogen (secondary N) is 1. The van der Waals surface area contributed by atoms with Crippen LogP contribution in [0.1, 0.15) is 101 Å². The van der Waals surface area contributed by atoms with Crippen molar-refractivity contribution in [2.24, 2.45) is 28.9 Å². The molecule has 34 heavy (non-hydrogen) atoms. The van der Waals surface area contributed by atoms with Crippen molar-refractivity contribution in [3.05, 3.63) is 35.4 Å². The third kappa shape index (κ3) is 4.57. The van der Waals surface area contributed by atoms with E-state index in [0.717, 1.165) is 44.8 Å². The number of fused-ring (bicyclic) bond motifs is 1. The van der Waals surface area contributed by atoms with Gasteiger partial charge in [-0.3, -0.25) is 4.79 Å². The number of rotatable bonds is 4. The number of nitrogens with zero attached hydrogens (tertiary/aromatic N) is 1. The Morgan fingerprint density at radius 1 is 1.03 bits per heavy atom. The molecule has 0 spiro atoms. The number of piperidine rings is 2. The number of amides is 1. The molecule has 0 bridgehead atoms. The van der Waals surface area contributed by atoms with Crippen LogP contribution in [0.4, 0.5) is 0 Å². The van der Waals surface area contributed by atoms with E-state index in [4.69, 9.17) is 5.73 Å². The molecular formula is C30H47N3O. The molecule has 3 N–H and O–H groups in total. The van der Waals surface area contributed by atoms with Gasteiger partial charge in [0.05, 0.1) is 0 Å². The highest BCUT2D eigenvalue weighted by Gasteiger charge is 2.56. The zero-order chi connectivity index (χ0) is 23.5. The standard InChI is InChI=1S/C30H47N3O/c1-22-30(26-10-4-2-3-5-11-26)16-7-12-27(28(30)13-17-32-22)29(34)33-18-14-24(15-19-33)25-9-6-8-23(20-25)21-31/h6,8-9,20,22,24,26-28,32H,2-5,7,10-19,21,31H2,1H3. The number of carbonyl (C=O) groups excluding carboxylic acids is 1. The number of nitrogens with two attached hydrogens (primary N) is 1. The Morgan fingerprint density at radius 3 is 2.53 bits per heavy atom. The van der Waals surface area contributed by atoms with Gasteiger partial charge in [-0.05, 0) is 92.7 Å². The summed E-state index contributed by atoms with van der Waals surface area (Å²) in [6.07, 6.45) is 15.4. The molecule has 2 saturated heterocycles. The molecule has 5 rings (SSSR count). The smallest absolute Gasteiger partial charge is 0.225 e. The molecule has 4 unspecified atom stereocenters. The number of likely N-dealkylation sites (tertiary alicyclic amines) is 1. The van der Waals surface area contributed by atoms with Gasteiger partial charge in [0.25, 0.3) is 0 Å². The number of hydrogen-bond acceptors (Lipinski definition) is 3. The van der Waals surface area contributed by atoms with Crippen LogP contribution < -0.4 is 11.1 Å². The first-order valence-corrected chi connectivity index (χ1v) is 14.4. The second kappa shape index (κ2) is 10.7. The zero-order valence-electron chi connectivity index (χ0n) is 21.4. The molecule has 2 heterocycles. The highest BCUT2D eigenvalue weighted by atomic mass is 16.2. The summed E-state index contributed by atoms with van der Waals surface area (Å²) in [6, 6.07) is 9.33. The molecule has 0 aromatic heterocycles. The Balaban J connectivity index is 1.30. The van der Waals surface area contributed by atoms with Crippen molar-refractivity contribution in [1.82, 2.24) is 10.2 Å². The lowest BCUT2D eigenvalue weighted by molar-refractivity contribution is -0.149. The molecule has 188 valence electrons. The summed E-state index contributed by atoms with van der Waals surface area (Å²) in [7, 11) is 0. The van der Waals surface area contributed by atoms with Gasteiger partial charge in [-0.15, -0.1) is 0 Å². The fraction of sp³-hybridized carbons (Fsp3) is 0.767. The SMILES string of the molecule is CC1NCCC2C(C(=O)N3CCC(c4cccc(CN)c4)CC3)CCCC12C1CCCCCC1. The Bertz CT molecular complexity index is 824. The Kier molecular flexibility index (Phi) is 7.65. The summed E-state index contributed by atoms with van der Waals surface area (Å²) < 4.78 is 0. The molecule has 1 amide bonds. The van der Waals surface area contributed by atoms with E-state index in [1.165, 1.54) is 68.9 Å². The molecule has 4 atom stereocenters. The van der Waals surface area contributed by atoms with Crippen LogP contribution in [0, 0.1) is 23.2 Å². The number of carbonyl (C=O) groups is 1. The van der Waals surface area contributed by atoms with E-state index in [9.17, 15) is 4.79 Å². The highest BCUT2D eigenvalue weighted by molar-refractivity contribution is 5.79. The van der Waals surface area contributed by atoms with Gasteiger partial charge in [-0.25, -0.2) is 0 Å². The highest BCUT2D eigenvalue weighted by Crippen LogP contribution is 2.57. The van der Waals surface area contributed by atoms with Crippen LogP contribution >= 0.6 is 0 Å². The topological polar surface area (TPSA) is 58.4 Å². The van der Waals surface area contributed by atoms with Gasteiger partial charge < -0.3 is 16.0 Å². The molecule has 2 saturated carbocycles. The van der Waals surface area contributed by atoms with Crippen molar-refractivity contribution in [1.29, 1.82) is 0 Å². The van der Waals surface area contributed by atoms with E-state index < -0.39 is 0 Å². The monoisotopic (exact) mass is 465 g/mol. The molecule has 4 fully saturated rings. The molecular weight excluding hydrogens is 418 g/mol. The summed E-state index contributed by atoms with van der Waals surface area (Å²) in [5, 5.41) is 3.88. The minimum Gasteiger partial charge on any atom is -0.342 e. The first-order chi connectivity index (χ1) is 16.6. The van der Waals surface area contributed by atoms with Crippen LogP contribution in [0.5, 0.6) is 0 Å². The van der Waals surface area contributed by atoms with Gasteiger partial charge in [0.2, 0.25) is 5.91 Å². The minimum absolute atomic E-state index is 0.249. The van der Waals surface area contributed by atoms with Crippen molar-refractivity contribution in [3.8, 4) is 0 Å². The Labute approximate surface area is 207 Å². The van der Waals surface area contributed by atoms with Crippen molar-refractivity contribution in [3.63, 3.8) is 0 Å². The summed E-state index contributed by atoms with van der Waals surface area (Å²) in [6.45, 7) is 5.98. The van der Waals surface area contributed by atoms with Crippen molar-refractivity contribution in [2.45, 2.75) is 102 Å². The summed E-state index contributed by atoms with van der Waals surface area (Å²) >= 11 is 0. The molecule has 4 nitrogen and oxygen atoms in total. The van der Waals surface area contributed by atoms with E-state index in [0.29, 0.717) is 35.7 Å². The third-order valence-corrected chi connectivity index (χ3v) is 10.4. The van der Waals surface area contributed by atoms with Gasteiger partial charge in [0, 0.05) is 31.6 Å². The van der Waals surface area contributed by atoms with E-state index in [1.54, 1.807) is 0 Å². The summed E-state index contributed by atoms with van der Waals surface area (Å²) in [5.41, 5.74) is 8.83. The first kappa shape index (κ1) is 24.3. The lowest BCUT2D eigenvalue weighted by Gasteiger charge is -2.58. The van der Waals surface area contributed by atoms with Crippen LogP contribution in [0.25, 0.3) is 0 Å². The predicted molar refractivity (Wildman–Crippen MR) is 139 cm³/mol. The maximum atomic E-state index is 14.0. The average Bonchev–Trinajstić information content (AvgIpc) is 3.18. The Morgan fingerprint density at radius 2 is 1.79 bits per heavy atom. The van der Waals surface area contributed by atoms with Crippen LogP contribution in [0.15, 0.2) is 24.3 Å². The molecule has 4 aliphatic rings. The lowest BCUT2D eigenvalue weighted by atomic mass is 9.50.